The second kappa shape index (κ2) is 7.66. The fourth-order valence-corrected chi connectivity index (χ4v) is 2.05. The van der Waals surface area contributed by atoms with Gasteiger partial charge in [0.15, 0.2) is 0 Å². The van der Waals surface area contributed by atoms with Crippen LogP contribution in [0.25, 0.3) is 6.08 Å². The molecule has 0 bridgehead atoms. The Bertz CT molecular complexity index is 663. The monoisotopic (exact) mass is 315 g/mol. The first-order chi connectivity index (χ1) is 10.5. The van der Waals surface area contributed by atoms with E-state index in [4.69, 9.17) is 16.3 Å². The smallest absolute Gasteiger partial charge is 0.248 e. The van der Waals surface area contributed by atoms with Gasteiger partial charge in [-0.3, -0.25) is 4.79 Å². The number of carbonyl (C=O) groups is 1. The number of benzene rings is 2. The number of hydrogen-bond donors (Lipinski definition) is 1. The number of anilines is 1. The van der Waals surface area contributed by atoms with Crippen LogP contribution in [-0.2, 0) is 4.79 Å². The third kappa shape index (κ3) is 4.93. The first-order valence-electron chi connectivity index (χ1n) is 7.05. The molecule has 0 aromatic heterocycles. The van der Waals surface area contributed by atoms with Crippen molar-refractivity contribution >= 4 is 29.3 Å². The molecule has 0 fully saturated rings. The lowest BCUT2D eigenvalue weighted by atomic mass is 10.2. The second-order valence-electron chi connectivity index (χ2n) is 5.04. The minimum atomic E-state index is -0.211. The average Bonchev–Trinajstić information content (AvgIpc) is 2.48. The average molecular weight is 316 g/mol. The van der Waals surface area contributed by atoms with Crippen molar-refractivity contribution in [2.75, 3.05) is 5.32 Å². The highest BCUT2D eigenvalue weighted by Crippen LogP contribution is 2.18. The fraction of sp³-hybridized carbons (Fsp3) is 0.167. The summed E-state index contributed by atoms with van der Waals surface area (Å²) in [4.78, 5) is 11.9. The van der Waals surface area contributed by atoms with Crippen LogP contribution in [0.4, 0.5) is 5.69 Å². The quantitative estimate of drug-likeness (QED) is 0.806. The third-order valence-electron chi connectivity index (χ3n) is 2.81. The minimum absolute atomic E-state index is 0.124. The van der Waals surface area contributed by atoms with Crippen LogP contribution < -0.4 is 10.1 Å². The Morgan fingerprint density at radius 1 is 1.14 bits per heavy atom. The van der Waals surface area contributed by atoms with Gasteiger partial charge in [-0.25, -0.2) is 0 Å². The summed E-state index contributed by atoms with van der Waals surface area (Å²) in [5.74, 6) is 0.567. The molecule has 0 saturated heterocycles. The van der Waals surface area contributed by atoms with Crippen LogP contribution in [0.15, 0.2) is 54.6 Å². The maximum absolute atomic E-state index is 11.9. The number of amides is 1. The van der Waals surface area contributed by atoms with Gasteiger partial charge in [-0.2, -0.15) is 0 Å². The van der Waals surface area contributed by atoms with Crippen molar-refractivity contribution in [2.24, 2.45) is 0 Å². The predicted octanol–water partition coefficient (Wildman–Crippen LogP) is 4.78. The molecule has 22 heavy (non-hydrogen) atoms. The van der Waals surface area contributed by atoms with Crippen molar-refractivity contribution < 1.29 is 9.53 Å². The van der Waals surface area contributed by atoms with Gasteiger partial charge in [-0.05, 0) is 55.8 Å². The molecule has 0 aliphatic rings. The Labute approximate surface area is 135 Å². The summed E-state index contributed by atoms with van der Waals surface area (Å²) in [5, 5.41) is 3.40. The molecule has 2 aromatic rings. The number of hydrogen-bond acceptors (Lipinski definition) is 2. The minimum Gasteiger partial charge on any atom is -0.491 e. The van der Waals surface area contributed by atoms with Gasteiger partial charge in [0.2, 0.25) is 5.91 Å². The molecule has 114 valence electrons. The van der Waals surface area contributed by atoms with Crippen LogP contribution in [0.2, 0.25) is 5.02 Å². The van der Waals surface area contributed by atoms with E-state index in [1.807, 2.05) is 44.2 Å². The molecule has 0 heterocycles. The molecule has 0 aliphatic carbocycles. The van der Waals surface area contributed by atoms with Gasteiger partial charge in [0.1, 0.15) is 5.75 Å². The number of nitrogens with one attached hydrogen (secondary N) is 1. The van der Waals surface area contributed by atoms with Crippen LogP contribution in [0, 0.1) is 0 Å². The van der Waals surface area contributed by atoms with E-state index in [0.29, 0.717) is 10.7 Å². The van der Waals surface area contributed by atoms with Crippen molar-refractivity contribution in [3.63, 3.8) is 0 Å². The van der Waals surface area contributed by atoms with Crippen molar-refractivity contribution in [1.82, 2.24) is 0 Å². The fourth-order valence-electron chi connectivity index (χ4n) is 1.85. The molecule has 0 aliphatic heterocycles. The maximum Gasteiger partial charge on any atom is 0.248 e. The van der Waals surface area contributed by atoms with Crippen LogP contribution in [0.5, 0.6) is 5.75 Å². The summed E-state index contributed by atoms with van der Waals surface area (Å²) in [6, 6.07) is 14.6. The molecular weight excluding hydrogens is 298 g/mol. The lowest BCUT2D eigenvalue weighted by Gasteiger charge is -2.10. The van der Waals surface area contributed by atoms with E-state index in [-0.39, 0.29) is 12.0 Å². The Kier molecular flexibility index (Phi) is 5.61. The van der Waals surface area contributed by atoms with E-state index in [9.17, 15) is 4.79 Å². The van der Waals surface area contributed by atoms with Crippen LogP contribution >= 0.6 is 11.6 Å². The Hall–Kier alpha value is -2.26. The van der Waals surface area contributed by atoms with Gasteiger partial charge in [0.05, 0.1) is 6.10 Å². The highest BCUT2D eigenvalue weighted by molar-refractivity contribution is 6.32. The number of halogens is 1. The van der Waals surface area contributed by atoms with Crippen molar-refractivity contribution in [2.45, 2.75) is 20.0 Å². The summed E-state index contributed by atoms with van der Waals surface area (Å²) in [6.45, 7) is 3.93. The summed E-state index contributed by atoms with van der Waals surface area (Å²) in [7, 11) is 0. The summed E-state index contributed by atoms with van der Waals surface area (Å²) in [6.07, 6.45) is 3.27. The Balaban J connectivity index is 1.96. The molecule has 2 rings (SSSR count). The first-order valence-corrected chi connectivity index (χ1v) is 7.42. The third-order valence-corrected chi connectivity index (χ3v) is 3.16. The van der Waals surface area contributed by atoms with Gasteiger partial charge < -0.3 is 10.1 Å². The van der Waals surface area contributed by atoms with Crippen LogP contribution in [0.1, 0.15) is 19.4 Å². The molecule has 0 saturated carbocycles. The molecule has 0 unspecified atom stereocenters. The molecule has 2 aromatic carbocycles. The SMILES string of the molecule is CC(C)Oc1ccc(NC(=O)/C=C/c2ccccc2Cl)cc1. The molecule has 0 radical (unpaired) electrons. The zero-order chi connectivity index (χ0) is 15.9. The van der Waals surface area contributed by atoms with Crippen LogP contribution in [-0.4, -0.2) is 12.0 Å². The number of carbonyl (C=O) groups excluding carboxylic acids is 1. The van der Waals surface area contributed by atoms with E-state index in [2.05, 4.69) is 5.32 Å². The molecule has 0 atom stereocenters. The van der Waals surface area contributed by atoms with E-state index in [0.717, 1.165) is 11.3 Å². The van der Waals surface area contributed by atoms with Gasteiger partial charge in [-0.15, -0.1) is 0 Å². The van der Waals surface area contributed by atoms with E-state index in [1.54, 1.807) is 24.3 Å². The zero-order valence-corrected chi connectivity index (χ0v) is 13.3. The Morgan fingerprint density at radius 3 is 2.45 bits per heavy atom. The second-order valence-corrected chi connectivity index (χ2v) is 5.44. The summed E-state index contributed by atoms with van der Waals surface area (Å²) >= 11 is 6.03. The van der Waals surface area contributed by atoms with E-state index in [1.165, 1.54) is 6.08 Å². The molecule has 3 nitrogen and oxygen atoms in total. The highest BCUT2D eigenvalue weighted by Gasteiger charge is 2.01. The van der Waals surface area contributed by atoms with E-state index < -0.39 is 0 Å². The van der Waals surface area contributed by atoms with Crippen LogP contribution in [0.3, 0.4) is 0 Å². The number of ether oxygens (including phenoxy) is 1. The van der Waals surface area contributed by atoms with Gasteiger partial charge in [0.25, 0.3) is 0 Å². The van der Waals surface area contributed by atoms with Gasteiger partial charge in [0, 0.05) is 16.8 Å². The lowest BCUT2D eigenvalue weighted by Crippen LogP contribution is -2.08. The molecule has 1 N–H and O–H groups in total. The topological polar surface area (TPSA) is 38.3 Å². The van der Waals surface area contributed by atoms with Gasteiger partial charge in [-0.1, -0.05) is 29.8 Å². The van der Waals surface area contributed by atoms with E-state index >= 15 is 0 Å². The summed E-state index contributed by atoms with van der Waals surface area (Å²) < 4.78 is 5.55. The standard InChI is InChI=1S/C18H18ClNO2/c1-13(2)22-16-10-8-15(9-11-16)20-18(21)12-7-14-5-3-4-6-17(14)19/h3-13H,1-2H3,(H,20,21)/b12-7+. The normalized spacial score (nSPS) is 10.9. The van der Waals surface area contributed by atoms with Crippen molar-refractivity contribution in [3.05, 3.63) is 65.2 Å². The van der Waals surface area contributed by atoms with Crippen molar-refractivity contribution in [1.29, 1.82) is 0 Å². The number of rotatable bonds is 5. The largest absolute Gasteiger partial charge is 0.491 e. The first kappa shape index (κ1) is 16.1. The zero-order valence-electron chi connectivity index (χ0n) is 12.5. The molecule has 4 heteroatoms. The maximum atomic E-state index is 11.9. The predicted molar refractivity (Wildman–Crippen MR) is 91.3 cm³/mol. The molecule has 1 amide bonds. The Morgan fingerprint density at radius 2 is 1.82 bits per heavy atom. The lowest BCUT2D eigenvalue weighted by molar-refractivity contribution is -0.111. The highest BCUT2D eigenvalue weighted by atomic mass is 35.5. The molecular formula is C18H18ClNO2. The summed E-state index contributed by atoms with van der Waals surface area (Å²) in [5.41, 5.74) is 1.52. The van der Waals surface area contributed by atoms with Crippen molar-refractivity contribution in [3.8, 4) is 5.75 Å². The molecule has 0 spiro atoms. The van der Waals surface area contributed by atoms with Gasteiger partial charge >= 0.3 is 0 Å².